The molecule has 0 heterocycles. The van der Waals surface area contributed by atoms with E-state index < -0.39 is 0 Å². The highest BCUT2D eigenvalue weighted by atomic mass is 16.3. The number of aromatic hydroxyl groups is 1. The van der Waals surface area contributed by atoms with Crippen molar-refractivity contribution in [1.82, 2.24) is 0 Å². The minimum atomic E-state index is 0.322. The van der Waals surface area contributed by atoms with E-state index in [1.54, 1.807) is 6.07 Å². The Balaban J connectivity index is 3.01. The van der Waals surface area contributed by atoms with Crippen molar-refractivity contribution in [1.29, 1.82) is 0 Å². The lowest BCUT2D eigenvalue weighted by molar-refractivity contribution is 0.469. The number of rotatable bonds is 4. The SMILES string of the molecule is C=CCc1cccc(O)c1CC=CN. The van der Waals surface area contributed by atoms with E-state index in [0.717, 1.165) is 17.5 Å². The Kier molecular flexibility index (Phi) is 3.80. The van der Waals surface area contributed by atoms with Gasteiger partial charge in [0.15, 0.2) is 0 Å². The largest absolute Gasteiger partial charge is 0.508 e. The van der Waals surface area contributed by atoms with Gasteiger partial charge in [0.25, 0.3) is 0 Å². The van der Waals surface area contributed by atoms with Crippen molar-refractivity contribution in [3.8, 4) is 5.75 Å². The molecule has 2 heteroatoms. The van der Waals surface area contributed by atoms with Gasteiger partial charge in [0.05, 0.1) is 0 Å². The molecule has 0 atom stereocenters. The lowest BCUT2D eigenvalue weighted by Crippen LogP contribution is -1.92. The average Bonchev–Trinajstić information content (AvgIpc) is 2.18. The third-order valence-corrected chi connectivity index (χ3v) is 2.07. The second kappa shape index (κ2) is 5.12. The first-order chi connectivity index (χ1) is 6.79. The predicted molar refractivity (Wildman–Crippen MR) is 59.0 cm³/mol. The Labute approximate surface area is 84.4 Å². The Morgan fingerprint density at radius 3 is 2.79 bits per heavy atom. The molecule has 0 aliphatic heterocycles. The lowest BCUT2D eigenvalue weighted by atomic mass is 10.0. The number of benzene rings is 1. The van der Waals surface area contributed by atoms with Crippen LogP contribution in [0.5, 0.6) is 5.75 Å². The van der Waals surface area contributed by atoms with Crippen LogP contribution in [-0.4, -0.2) is 5.11 Å². The number of phenolic OH excluding ortho intramolecular Hbond substituents is 1. The molecule has 0 bridgehead atoms. The van der Waals surface area contributed by atoms with Gasteiger partial charge in [-0.15, -0.1) is 6.58 Å². The van der Waals surface area contributed by atoms with Crippen LogP contribution in [0.25, 0.3) is 0 Å². The molecule has 1 aromatic rings. The molecule has 2 nitrogen and oxygen atoms in total. The summed E-state index contributed by atoms with van der Waals surface area (Å²) in [4.78, 5) is 0. The molecule has 3 N–H and O–H groups in total. The van der Waals surface area contributed by atoms with Crippen LogP contribution in [0.1, 0.15) is 11.1 Å². The van der Waals surface area contributed by atoms with Gasteiger partial charge in [-0.3, -0.25) is 0 Å². The Morgan fingerprint density at radius 2 is 2.14 bits per heavy atom. The summed E-state index contributed by atoms with van der Waals surface area (Å²) in [5.41, 5.74) is 7.29. The van der Waals surface area contributed by atoms with E-state index in [1.165, 1.54) is 6.20 Å². The highest BCUT2D eigenvalue weighted by Crippen LogP contribution is 2.22. The normalized spacial score (nSPS) is 10.6. The molecule has 0 spiro atoms. The third kappa shape index (κ3) is 2.39. The van der Waals surface area contributed by atoms with E-state index >= 15 is 0 Å². The van der Waals surface area contributed by atoms with Crippen molar-refractivity contribution in [3.05, 3.63) is 54.3 Å². The monoisotopic (exact) mass is 189 g/mol. The molecular formula is C12H15NO. The standard InChI is InChI=1S/C12H15NO/c1-2-5-10-6-3-8-12(14)11(10)7-4-9-13/h2-4,6,8-9,14H,1,5,7,13H2. The molecule has 1 rings (SSSR count). The molecule has 0 saturated heterocycles. The maximum atomic E-state index is 9.64. The van der Waals surface area contributed by atoms with Crippen LogP contribution < -0.4 is 5.73 Å². The fourth-order valence-corrected chi connectivity index (χ4v) is 1.39. The first-order valence-electron chi connectivity index (χ1n) is 4.57. The Bertz CT molecular complexity index is 342. The molecule has 74 valence electrons. The van der Waals surface area contributed by atoms with Crippen LogP contribution in [0.3, 0.4) is 0 Å². The van der Waals surface area contributed by atoms with Gasteiger partial charge in [0.2, 0.25) is 0 Å². The van der Waals surface area contributed by atoms with E-state index in [-0.39, 0.29) is 0 Å². The van der Waals surface area contributed by atoms with Crippen LogP contribution in [-0.2, 0) is 12.8 Å². The van der Waals surface area contributed by atoms with Gasteiger partial charge in [0.1, 0.15) is 5.75 Å². The van der Waals surface area contributed by atoms with Crippen molar-refractivity contribution in [2.75, 3.05) is 0 Å². The predicted octanol–water partition coefficient (Wildman–Crippen LogP) is 2.14. The van der Waals surface area contributed by atoms with Gasteiger partial charge in [-0.05, 0) is 30.7 Å². The van der Waals surface area contributed by atoms with Crippen molar-refractivity contribution in [2.45, 2.75) is 12.8 Å². The maximum Gasteiger partial charge on any atom is 0.119 e. The number of phenols is 1. The maximum absolute atomic E-state index is 9.64. The fraction of sp³-hybridized carbons (Fsp3) is 0.167. The third-order valence-electron chi connectivity index (χ3n) is 2.07. The van der Waals surface area contributed by atoms with E-state index in [4.69, 9.17) is 5.73 Å². The van der Waals surface area contributed by atoms with Crippen molar-refractivity contribution in [3.63, 3.8) is 0 Å². The molecular weight excluding hydrogens is 174 g/mol. The average molecular weight is 189 g/mol. The van der Waals surface area contributed by atoms with Gasteiger partial charge in [0, 0.05) is 5.56 Å². The highest BCUT2D eigenvalue weighted by molar-refractivity contribution is 5.41. The van der Waals surface area contributed by atoms with Gasteiger partial charge in [-0.2, -0.15) is 0 Å². The number of nitrogens with two attached hydrogens (primary N) is 1. The van der Waals surface area contributed by atoms with Crippen LogP contribution in [0.4, 0.5) is 0 Å². The number of allylic oxidation sites excluding steroid dienone is 2. The second-order valence-corrected chi connectivity index (χ2v) is 3.04. The minimum Gasteiger partial charge on any atom is -0.508 e. The van der Waals surface area contributed by atoms with Crippen LogP contribution >= 0.6 is 0 Å². The zero-order valence-corrected chi connectivity index (χ0v) is 8.11. The summed E-state index contributed by atoms with van der Waals surface area (Å²) in [5, 5.41) is 9.64. The molecule has 0 amide bonds. The molecule has 0 unspecified atom stereocenters. The Morgan fingerprint density at radius 1 is 1.36 bits per heavy atom. The minimum absolute atomic E-state index is 0.322. The molecule has 0 aromatic heterocycles. The summed E-state index contributed by atoms with van der Waals surface area (Å²) in [6, 6.07) is 5.51. The molecule has 14 heavy (non-hydrogen) atoms. The number of hydrogen-bond acceptors (Lipinski definition) is 2. The second-order valence-electron chi connectivity index (χ2n) is 3.04. The molecule has 0 saturated carbocycles. The summed E-state index contributed by atoms with van der Waals surface area (Å²) in [6.07, 6.45) is 6.56. The molecule has 1 aromatic carbocycles. The van der Waals surface area contributed by atoms with Crippen molar-refractivity contribution in [2.24, 2.45) is 5.73 Å². The smallest absolute Gasteiger partial charge is 0.119 e. The first-order valence-corrected chi connectivity index (χ1v) is 4.57. The van der Waals surface area contributed by atoms with E-state index in [2.05, 4.69) is 6.58 Å². The van der Waals surface area contributed by atoms with Gasteiger partial charge in [-0.1, -0.05) is 24.3 Å². The summed E-state index contributed by atoms with van der Waals surface area (Å²) in [7, 11) is 0. The summed E-state index contributed by atoms with van der Waals surface area (Å²) in [5.74, 6) is 0.322. The fourth-order valence-electron chi connectivity index (χ4n) is 1.39. The van der Waals surface area contributed by atoms with Crippen molar-refractivity contribution < 1.29 is 5.11 Å². The van der Waals surface area contributed by atoms with Crippen LogP contribution in [0.15, 0.2) is 43.1 Å². The zero-order chi connectivity index (χ0) is 10.4. The van der Waals surface area contributed by atoms with Gasteiger partial charge >= 0.3 is 0 Å². The quantitative estimate of drug-likeness (QED) is 0.713. The van der Waals surface area contributed by atoms with Gasteiger partial charge in [-0.25, -0.2) is 0 Å². The molecule has 0 aliphatic carbocycles. The number of hydrogen-bond donors (Lipinski definition) is 2. The lowest BCUT2D eigenvalue weighted by Gasteiger charge is -2.07. The zero-order valence-electron chi connectivity index (χ0n) is 8.11. The van der Waals surface area contributed by atoms with E-state index in [0.29, 0.717) is 12.2 Å². The van der Waals surface area contributed by atoms with Crippen LogP contribution in [0.2, 0.25) is 0 Å². The van der Waals surface area contributed by atoms with E-state index in [1.807, 2.05) is 24.3 Å². The van der Waals surface area contributed by atoms with Gasteiger partial charge < -0.3 is 10.8 Å². The summed E-state index contributed by atoms with van der Waals surface area (Å²) < 4.78 is 0. The molecule has 0 aliphatic rings. The molecule has 0 radical (unpaired) electrons. The highest BCUT2D eigenvalue weighted by Gasteiger charge is 2.04. The van der Waals surface area contributed by atoms with Crippen LogP contribution in [0, 0.1) is 0 Å². The summed E-state index contributed by atoms with van der Waals surface area (Å²) >= 11 is 0. The molecule has 0 fully saturated rings. The van der Waals surface area contributed by atoms with E-state index in [9.17, 15) is 5.11 Å². The topological polar surface area (TPSA) is 46.2 Å². The first kappa shape index (κ1) is 10.4. The summed E-state index contributed by atoms with van der Waals surface area (Å²) in [6.45, 7) is 3.68. The Hall–Kier alpha value is -1.70. The van der Waals surface area contributed by atoms with Crippen molar-refractivity contribution >= 4 is 0 Å².